The quantitative estimate of drug-likeness (QED) is 0.794. The predicted octanol–water partition coefficient (Wildman–Crippen LogP) is 2.88. The van der Waals surface area contributed by atoms with Crippen LogP contribution in [0.4, 0.5) is 0 Å². The number of carbonyl (C=O) groups is 1. The van der Waals surface area contributed by atoms with Gasteiger partial charge in [-0.15, -0.1) is 0 Å². The number of esters is 1. The lowest BCUT2D eigenvalue weighted by Gasteiger charge is -2.08. The fraction of sp³-hybridized carbons (Fsp3) is 0.357. The van der Waals surface area contributed by atoms with Crippen molar-refractivity contribution in [3.8, 4) is 0 Å². The van der Waals surface area contributed by atoms with Crippen LogP contribution in [0.2, 0.25) is 5.02 Å². The van der Waals surface area contributed by atoms with E-state index in [0.29, 0.717) is 28.6 Å². The molecule has 2 aromatic heterocycles. The first-order valence-corrected chi connectivity index (χ1v) is 6.55. The van der Waals surface area contributed by atoms with Gasteiger partial charge >= 0.3 is 5.97 Å². The molecule has 3 rings (SSSR count). The second-order valence-electron chi connectivity index (χ2n) is 4.61. The lowest BCUT2D eigenvalue weighted by Crippen LogP contribution is -2.01. The Balaban J connectivity index is 2.23. The summed E-state index contributed by atoms with van der Waals surface area (Å²) in [5, 5.41) is 0.549. The Morgan fingerprint density at radius 3 is 3.11 bits per heavy atom. The van der Waals surface area contributed by atoms with Gasteiger partial charge in [0, 0.05) is 24.4 Å². The summed E-state index contributed by atoms with van der Waals surface area (Å²) in [5.41, 5.74) is 2.27. The van der Waals surface area contributed by atoms with Gasteiger partial charge in [0.15, 0.2) is 0 Å². The van der Waals surface area contributed by atoms with Crippen LogP contribution in [0.3, 0.4) is 0 Å². The number of methoxy groups -OCH3 is 1. The minimum Gasteiger partial charge on any atom is -0.465 e. The van der Waals surface area contributed by atoms with Gasteiger partial charge in [-0.05, 0) is 24.6 Å². The normalized spacial score (nSPS) is 18.9. The molecule has 1 unspecified atom stereocenters. The molecule has 19 heavy (non-hydrogen) atoms. The number of ether oxygens (including phenoxy) is 2. The molecule has 0 N–H and O–H groups in total. The van der Waals surface area contributed by atoms with Crippen molar-refractivity contribution < 1.29 is 14.3 Å². The molecule has 4 nitrogen and oxygen atoms in total. The van der Waals surface area contributed by atoms with E-state index in [1.54, 1.807) is 6.07 Å². The van der Waals surface area contributed by atoms with Crippen LogP contribution in [0.15, 0.2) is 24.4 Å². The first-order chi connectivity index (χ1) is 9.22. The summed E-state index contributed by atoms with van der Waals surface area (Å²) in [6.07, 6.45) is 2.88. The number of hydrogen-bond acceptors (Lipinski definition) is 3. The van der Waals surface area contributed by atoms with E-state index < -0.39 is 0 Å². The standard InChI is InChI=1S/C14H14ClNO3/c1-18-14(17)10-7-12(9-4-6-19-8-9)16-5-2-3-11(15)13(10)16/h2-3,5,7,9H,4,6,8H2,1H3. The van der Waals surface area contributed by atoms with Gasteiger partial charge in [0.2, 0.25) is 0 Å². The summed E-state index contributed by atoms with van der Waals surface area (Å²) in [7, 11) is 1.38. The Hall–Kier alpha value is -1.52. The number of aromatic nitrogens is 1. The molecular weight excluding hydrogens is 266 g/mol. The van der Waals surface area contributed by atoms with Gasteiger partial charge in [-0.2, -0.15) is 0 Å². The van der Waals surface area contributed by atoms with Crippen molar-refractivity contribution in [3.05, 3.63) is 40.7 Å². The maximum atomic E-state index is 11.9. The van der Waals surface area contributed by atoms with Crippen LogP contribution in [0.5, 0.6) is 0 Å². The van der Waals surface area contributed by atoms with Gasteiger partial charge in [-0.1, -0.05) is 11.6 Å². The fourth-order valence-electron chi connectivity index (χ4n) is 2.59. The van der Waals surface area contributed by atoms with Crippen LogP contribution in [0.1, 0.15) is 28.4 Å². The average molecular weight is 280 g/mol. The first-order valence-electron chi connectivity index (χ1n) is 6.18. The van der Waals surface area contributed by atoms with Crippen molar-refractivity contribution in [2.75, 3.05) is 20.3 Å². The highest BCUT2D eigenvalue weighted by Crippen LogP contribution is 2.32. The van der Waals surface area contributed by atoms with E-state index in [1.165, 1.54) is 7.11 Å². The molecule has 100 valence electrons. The molecule has 0 saturated carbocycles. The molecule has 2 aromatic rings. The van der Waals surface area contributed by atoms with Gasteiger partial charge in [-0.3, -0.25) is 0 Å². The Kier molecular flexibility index (Phi) is 3.21. The maximum Gasteiger partial charge on any atom is 0.340 e. The summed E-state index contributed by atoms with van der Waals surface area (Å²) in [6.45, 7) is 1.44. The SMILES string of the molecule is COC(=O)c1cc(C2CCOC2)n2cccc(Cl)c12. The third-order valence-corrected chi connectivity index (χ3v) is 3.83. The molecule has 1 fully saturated rings. The summed E-state index contributed by atoms with van der Waals surface area (Å²) in [4.78, 5) is 11.9. The van der Waals surface area contributed by atoms with Crippen molar-refractivity contribution in [2.24, 2.45) is 0 Å². The summed E-state index contributed by atoms with van der Waals surface area (Å²) < 4.78 is 12.2. The number of pyridine rings is 1. The highest BCUT2D eigenvalue weighted by molar-refractivity contribution is 6.34. The second-order valence-corrected chi connectivity index (χ2v) is 5.02. The third-order valence-electron chi connectivity index (χ3n) is 3.52. The summed E-state index contributed by atoms with van der Waals surface area (Å²) >= 11 is 6.22. The molecule has 0 radical (unpaired) electrons. The van der Waals surface area contributed by atoms with Crippen molar-refractivity contribution in [3.63, 3.8) is 0 Å². The van der Waals surface area contributed by atoms with Crippen LogP contribution < -0.4 is 0 Å². The number of rotatable bonds is 2. The van der Waals surface area contributed by atoms with Crippen LogP contribution in [0.25, 0.3) is 5.52 Å². The predicted molar refractivity (Wildman–Crippen MR) is 71.9 cm³/mol. The second kappa shape index (κ2) is 4.87. The van der Waals surface area contributed by atoms with Crippen LogP contribution in [0, 0.1) is 0 Å². The van der Waals surface area contributed by atoms with Crippen LogP contribution in [-0.2, 0) is 9.47 Å². The highest BCUT2D eigenvalue weighted by Gasteiger charge is 2.25. The van der Waals surface area contributed by atoms with Gasteiger partial charge in [-0.25, -0.2) is 4.79 Å². The monoisotopic (exact) mass is 279 g/mol. The Labute approximate surface area is 115 Å². The number of fused-ring (bicyclic) bond motifs is 1. The molecule has 1 aliphatic rings. The van der Waals surface area contributed by atoms with E-state index in [1.807, 2.05) is 22.7 Å². The molecule has 1 saturated heterocycles. The molecule has 5 heteroatoms. The molecule has 0 aliphatic carbocycles. The summed E-state index contributed by atoms with van der Waals surface area (Å²) in [5.74, 6) is -0.0693. The maximum absolute atomic E-state index is 11.9. The van der Waals surface area contributed by atoms with Crippen molar-refractivity contribution >= 4 is 23.1 Å². The zero-order chi connectivity index (χ0) is 13.4. The first kappa shape index (κ1) is 12.5. The zero-order valence-corrected chi connectivity index (χ0v) is 11.3. The minimum absolute atomic E-state index is 0.296. The van der Waals surface area contributed by atoms with E-state index in [0.717, 1.165) is 18.7 Å². The van der Waals surface area contributed by atoms with Gasteiger partial charge in [0.25, 0.3) is 0 Å². The van der Waals surface area contributed by atoms with E-state index in [2.05, 4.69) is 0 Å². The molecule has 0 aromatic carbocycles. The molecular formula is C14H14ClNO3. The molecule has 3 heterocycles. The zero-order valence-electron chi connectivity index (χ0n) is 10.6. The van der Waals surface area contributed by atoms with Gasteiger partial charge in [0.1, 0.15) is 0 Å². The topological polar surface area (TPSA) is 39.9 Å². The Bertz CT molecular complexity index is 629. The fourth-order valence-corrected chi connectivity index (χ4v) is 2.85. The van der Waals surface area contributed by atoms with E-state index >= 15 is 0 Å². The summed E-state index contributed by atoms with van der Waals surface area (Å²) in [6, 6.07) is 5.51. The molecule has 0 spiro atoms. The van der Waals surface area contributed by atoms with E-state index in [9.17, 15) is 4.79 Å². The minimum atomic E-state index is -0.365. The molecule has 1 atom stereocenters. The van der Waals surface area contributed by atoms with E-state index in [-0.39, 0.29) is 5.97 Å². The van der Waals surface area contributed by atoms with E-state index in [4.69, 9.17) is 21.1 Å². The Morgan fingerprint density at radius 1 is 1.58 bits per heavy atom. The van der Waals surface area contributed by atoms with Crippen LogP contribution in [-0.4, -0.2) is 30.7 Å². The highest BCUT2D eigenvalue weighted by atomic mass is 35.5. The number of hydrogen-bond donors (Lipinski definition) is 0. The molecule has 0 amide bonds. The number of carbonyl (C=O) groups excluding carboxylic acids is 1. The third kappa shape index (κ3) is 2.01. The average Bonchev–Trinajstić information content (AvgIpc) is 3.05. The lowest BCUT2D eigenvalue weighted by atomic mass is 10.0. The van der Waals surface area contributed by atoms with Crippen molar-refractivity contribution in [2.45, 2.75) is 12.3 Å². The Morgan fingerprint density at radius 2 is 2.42 bits per heavy atom. The lowest BCUT2D eigenvalue weighted by molar-refractivity contribution is 0.0603. The van der Waals surface area contributed by atoms with Gasteiger partial charge < -0.3 is 13.9 Å². The number of halogens is 1. The van der Waals surface area contributed by atoms with Gasteiger partial charge in [0.05, 0.1) is 29.8 Å². The smallest absolute Gasteiger partial charge is 0.340 e. The largest absolute Gasteiger partial charge is 0.465 e. The van der Waals surface area contributed by atoms with Crippen LogP contribution >= 0.6 is 11.6 Å². The van der Waals surface area contributed by atoms with Crippen molar-refractivity contribution in [1.82, 2.24) is 4.40 Å². The molecule has 0 bridgehead atoms. The number of nitrogens with zero attached hydrogens (tertiary/aromatic N) is 1. The molecule has 1 aliphatic heterocycles. The van der Waals surface area contributed by atoms with Crippen molar-refractivity contribution in [1.29, 1.82) is 0 Å².